The standard InChI is InChI=1S/C14H10N2O2/c1-7-15-13-9-4-6-12-14(16-8(2)18-12)10(9)3-5-11(13)17-7/h3-6H,1-2H3. The molecule has 0 saturated carbocycles. The van der Waals surface area contributed by atoms with Crippen LogP contribution in [0.3, 0.4) is 0 Å². The van der Waals surface area contributed by atoms with Gasteiger partial charge in [-0.05, 0) is 24.3 Å². The molecule has 4 nitrogen and oxygen atoms in total. The summed E-state index contributed by atoms with van der Waals surface area (Å²) >= 11 is 0. The molecule has 2 heterocycles. The van der Waals surface area contributed by atoms with Crippen LogP contribution in [-0.2, 0) is 0 Å². The van der Waals surface area contributed by atoms with Crippen molar-refractivity contribution in [3.8, 4) is 0 Å². The Morgan fingerprint density at radius 3 is 1.61 bits per heavy atom. The van der Waals surface area contributed by atoms with Gasteiger partial charge >= 0.3 is 0 Å². The Kier molecular flexibility index (Phi) is 1.66. The van der Waals surface area contributed by atoms with E-state index in [1.165, 1.54) is 0 Å². The van der Waals surface area contributed by atoms with Gasteiger partial charge in [0.1, 0.15) is 11.0 Å². The highest BCUT2D eigenvalue weighted by atomic mass is 16.3. The summed E-state index contributed by atoms with van der Waals surface area (Å²) in [6.07, 6.45) is 0. The van der Waals surface area contributed by atoms with E-state index >= 15 is 0 Å². The van der Waals surface area contributed by atoms with Crippen molar-refractivity contribution in [3.63, 3.8) is 0 Å². The third-order valence-corrected chi connectivity index (χ3v) is 3.12. The second-order valence-electron chi connectivity index (χ2n) is 4.39. The lowest BCUT2D eigenvalue weighted by Gasteiger charge is -1.97. The van der Waals surface area contributed by atoms with Crippen LogP contribution in [0, 0.1) is 13.8 Å². The monoisotopic (exact) mass is 238 g/mol. The summed E-state index contributed by atoms with van der Waals surface area (Å²) < 4.78 is 11.1. The van der Waals surface area contributed by atoms with Crippen LogP contribution in [0.15, 0.2) is 33.1 Å². The zero-order chi connectivity index (χ0) is 12.3. The van der Waals surface area contributed by atoms with Crippen molar-refractivity contribution < 1.29 is 8.83 Å². The average molecular weight is 238 g/mol. The van der Waals surface area contributed by atoms with Gasteiger partial charge in [-0.15, -0.1) is 0 Å². The summed E-state index contributed by atoms with van der Waals surface area (Å²) in [6.45, 7) is 3.70. The normalized spacial score (nSPS) is 11.9. The number of oxazole rings is 2. The lowest BCUT2D eigenvalue weighted by Crippen LogP contribution is -1.78. The molecule has 0 radical (unpaired) electrons. The predicted molar refractivity (Wildman–Crippen MR) is 68.6 cm³/mol. The van der Waals surface area contributed by atoms with Gasteiger partial charge in [-0.1, -0.05) is 0 Å². The van der Waals surface area contributed by atoms with Gasteiger partial charge in [0.15, 0.2) is 22.9 Å². The van der Waals surface area contributed by atoms with Crippen molar-refractivity contribution >= 4 is 33.0 Å². The van der Waals surface area contributed by atoms with Gasteiger partial charge in [-0.3, -0.25) is 0 Å². The third-order valence-electron chi connectivity index (χ3n) is 3.12. The molecular formula is C14H10N2O2. The number of nitrogens with zero attached hydrogens (tertiary/aromatic N) is 2. The highest BCUT2D eigenvalue weighted by molar-refractivity contribution is 6.12. The van der Waals surface area contributed by atoms with Crippen LogP contribution in [0.25, 0.3) is 33.0 Å². The van der Waals surface area contributed by atoms with Crippen LogP contribution >= 0.6 is 0 Å². The highest BCUT2D eigenvalue weighted by Gasteiger charge is 2.11. The molecule has 0 aliphatic rings. The van der Waals surface area contributed by atoms with E-state index in [1.807, 2.05) is 38.1 Å². The minimum absolute atomic E-state index is 0.675. The van der Waals surface area contributed by atoms with E-state index in [-0.39, 0.29) is 0 Å². The molecule has 88 valence electrons. The number of benzene rings is 2. The maximum atomic E-state index is 5.54. The van der Waals surface area contributed by atoms with E-state index in [0.29, 0.717) is 11.8 Å². The van der Waals surface area contributed by atoms with Gasteiger partial charge in [0.05, 0.1) is 0 Å². The molecule has 4 heteroatoms. The van der Waals surface area contributed by atoms with Crippen molar-refractivity contribution in [2.45, 2.75) is 13.8 Å². The summed E-state index contributed by atoms with van der Waals surface area (Å²) in [7, 11) is 0. The molecule has 4 aromatic rings. The van der Waals surface area contributed by atoms with Gasteiger partial charge in [0.25, 0.3) is 0 Å². The topological polar surface area (TPSA) is 52.1 Å². The fourth-order valence-electron chi connectivity index (χ4n) is 2.41. The SMILES string of the molecule is Cc1nc2c(ccc3c2ccc2oc(C)nc23)o1. The summed E-state index contributed by atoms with van der Waals surface area (Å²) in [6, 6.07) is 7.88. The fourth-order valence-corrected chi connectivity index (χ4v) is 2.41. The smallest absolute Gasteiger partial charge is 0.192 e. The second-order valence-corrected chi connectivity index (χ2v) is 4.39. The first-order valence-electron chi connectivity index (χ1n) is 5.78. The van der Waals surface area contributed by atoms with Crippen molar-refractivity contribution in [1.82, 2.24) is 9.97 Å². The molecule has 0 aliphatic carbocycles. The number of aromatic nitrogens is 2. The van der Waals surface area contributed by atoms with Crippen molar-refractivity contribution in [2.75, 3.05) is 0 Å². The maximum absolute atomic E-state index is 5.54. The summed E-state index contributed by atoms with van der Waals surface area (Å²) in [4.78, 5) is 8.86. The largest absolute Gasteiger partial charge is 0.441 e. The minimum Gasteiger partial charge on any atom is -0.441 e. The van der Waals surface area contributed by atoms with Crippen molar-refractivity contribution in [1.29, 1.82) is 0 Å². The van der Waals surface area contributed by atoms with Crippen LogP contribution in [0.1, 0.15) is 11.8 Å². The van der Waals surface area contributed by atoms with E-state index in [4.69, 9.17) is 8.83 Å². The maximum Gasteiger partial charge on any atom is 0.192 e. The van der Waals surface area contributed by atoms with Gasteiger partial charge < -0.3 is 8.83 Å². The molecule has 4 rings (SSSR count). The van der Waals surface area contributed by atoms with Crippen LogP contribution in [0.4, 0.5) is 0 Å². The summed E-state index contributed by atoms with van der Waals surface area (Å²) in [5, 5.41) is 2.09. The Morgan fingerprint density at radius 1 is 0.722 bits per heavy atom. The Balaban J connectivity index is 2.29. The van der Waals surface area contributed by atoms with E-state index in [0.717, 1.165) is 33.0 Å². The van der Waals surface area contributed by atoms with Gasteiger partial charge in [0.2, 0.25) is 0 Å². The van der Waals surface area contributed by atoms with Crippen LogP contribution in [0.2, 0.25) is 0 Å². The molecule has 0 unspecified atom stereocenters. The Morgan fingerprint density at radius 2 is 1.17 bits per heavy atom. The third kappa shape index (κ3) is 1.14. The molecule has 0 spiro atoms. The predicted octanol–water partition coefficient (Wildman–Crippen LogP) is 3.74. The number of hydrogen-bond acceptors (Lipinski definition) is 4. The molecular weight excluding hydrogens is 228 g/mol. The highest BCUT2D eigenvalue weighted by Crippen LogP contribution is 2.31. The number of hydrogen-bond donors (Lipinski definition) is 0. The number of aryl methyl sites for hydroxylation is 2. The molecule has 0 N–H and O–H groups in total. The Hall–Kier alpha value is -2.36. The number of fused-ring (bicyclic) bond motifs is 5. The van der Waals surface area contributed by atoms with E-state index in [9.17, 15) is 0 Å². The second kappa shape index (κ2) is 3.10. The Labute approximate surface area is 102 Å². The molecule has 2 aromatic carbocycles. The van der Waals surface area contributed by atoms with E-state index < -0.39 is 0 Å². The fraction of sp³-hybridized carbons (Fsp3) is 0.143. The van der Waals surface area contributed by atoms with E-state index in [2.05, 4.69) is 9.97 Å². The number of rotatable bonds is 0. The quantitative estimate of drug-likeness (QED) is 0.468. The van der Waals surface area contributed by atoms with Gasteiger partial charge in [-0.25, -0.2) is 9.97 Å². The molecule has 18 heavy (non-hydrogen) atoms. The zero-order valence-corrected chi connectivity index (χ0v) is 10.0. The molecule has 0 amide bonds. The molecule has 0 aliphatic heterocycles. The Bertz CT molecular complexity index is 826. The average Bonchev–Trinajstić information content (AvgIpc) is 2.89. The van der Waals surface area contributed by atoms with Gasteiger partial charge in [0, 0.05) is 24.6 Å². The molecule has 0 bridgehead atoms. The molecule has 2 aromatic heterocycles. The van der Waals surface area contributed by atoms with Crippen LogP contribution in [-0.4, -0.2) is 9.97 Å². The van der Waals surface area contributed by atoms with Crippen LogP contribution in [0.5, 0.6) is 0 Å². The first kappa shape index (κ1) is 9.65. The van der Waals surface area contributed by atoms with E-state index in [1.54, 1.807) is 0 Å². The molecule has 0 saturated heterocycles. The minimum atomic E-state index is 0.675. The first-order chi connectivity index (χ1) is 8.72. The zero-order valence-electron chi connectivity index (χ0n) is 10.0. The lowest BCUT2D eigenvalue weighted by molar-refractivity contribution is 0.560. The van der Waals surface area contributed by atoms with Crippen molar-refractivity contribution in [2.24, 2.45) is 0 Å². The molecule has 0 atom stereocenters. The van der Waals surface area contributed by atoms with Gasteiger partial charge in [-0.2, -0.15) is 0 Å². The summed E-state index contributed by atoms with van der Waals surface area (Å²) in [5.74, 6) is 1.35. The lowest BCUT2D eigenvalue weighted by atomic mass is 10.1. The first-order valence-corrected chi connectivity index (χ1v) is 5.78. The summed E-state index contributed by atoms with van der Waals surface area (Å²) in [5.41, 5.74) is 3.37. The van der Waals surface area contributed by atoms with Crippen LogP contribution < -0.4 is 0 Å². The molecule has 0 fully saturated rings. The van der Waals surface area contributed by atoms with Crippen molar-refractivity contribution in [3.05, 3.63) is 36.0 Å².